The van der Waals surface area contributed by atoms with Crippen LogP contribution >= 0.6 is 0 Å². The van der Waals surface area contributed by atoms with Crippen LogP contribution in [-0.4, -0.2) is 38.3 Å². The second-order valence-corrected chi connectivity index (χ2v) is 10.8. The van der Waals surface area contributed by atoms with Crippen molar-refractivity contribution < 1.29 is 18.7 Å². The number of amides is 1. The summed E-state index contributed by atoms with van der Waals surface area (Å²) in [6.07, 6.45) is 0.770. The number of hydrogen-bond acceptors (Lipinski definition) is 5. The Bertz CT molecular complexity index is 1300. The van der Waals surface area contributed by atoms with Crippen molar-refractivity contribution in [1.29, 1.82) is 0 Å². The molecular formula is C28H32F2N4O2. The van der Waals surface area contributed by atoms with Crippen molar-refractivity contribution in [2.45, 2.75) is 64.9 Å². The predicted octanol–water partition coefficient (Wildman–Crippen LogP) is 5.16. The maximum Gasteiger partial charge on any atom is 0.269 e. The van der Waals surface area contributed by atoms with Crippen LogP contribution in [0.5, 0.6) is 0 Å². The molecule has 0 saturated heterocycles. The van der Waals surface area contributed by atoms with Gasteiger partial charge in [-0.2, -0.15) is 5.10 Å². The Morgan fingerprint density at radius 2 is 1.72 bits per heavy atom. The molecule has 2 atom stereocenters. The Labute approximate surface area is 210 Å². The Balaban J connectivity index is 1.83. The minimum absolute atomic E-state index is 0.0102. The van der Waals surface area contributed by atoms with Crippen LogP contribution in [0.4, 0.5) is 8.78 Å². The second kappa shape index (κ2) is 9.00. The summed E-state index contributed by atoms with van der Waals surface area (Å²) in [5.74, 6) is -1.76. The average Bonchev–Trinajstić information content (AvgIpc) is 2.99. The Hall–Kier alpha value is -3.26. The van der Waals surface area contributed by atoms with Gasteiger partial charge in [-0.15, -0.1) is 5.10 Å². The lowest BCUT2D eigenvalue weighted by molar-refractivity contribution is 0.0691. The molecule has 0 bridgehead atoms. The number of halogens is 2. The smallest absolute Gasteiger partial charge is 0.269 e. The summed E-state index contributed by atoms with van der Waals surface area (Å²) in [6, 6.07) is 10.7. The molecule has 3 aromatic rings. The molecule has 190 valence electrons. The molecule has 2 aromatic heterocycles. The first kappa shape index (κ1) is 25.8. The van der Waals surface area contributed by atoms with Crippen LogP contribution in [0.3, 0.4) is 0 Å². The molecule has 36 heavy (non-hydrogen) atoms. The maximum absolute atomic E-state index is 14.5. The molecule has 1 amide bonds. The number of carbonyl (C=O) groups is 1. The van der Waals surface area contributed by atoms with Crippen LogP contribution in [0.1, 0.15) is 81.3 Å². The first-order chi connectivity index (χ1) is 16.8. The SMILES string of the molecule is CCC1c2cc(-c3c(F)cccc3F)nnc2C(C)(c2cccc(C(=O)NCC(C)(C)O)n2)C1(C)C. The van der Waals surface area contributed by atoms with Crippen molar-refractivity contribution >= 4 is 5.91 Å². The highest BCUT2D eigenvalue weighted by molar-refractivity contribution is 5.92. The van der Waals surface area contributed by atoms with Gasteiger partial charge in [0.1, 0.15) is 17.3 Å². The second-order valence-electron chi connectivity index (χ2n) is 10.8. The fraction of sp³-hybridized carbons (Fsp3) is 0.429. The summed E-state index contributed by atoms with van der Waals surface area (Å²) in [5.41, 5.74) is 0.208. The van der Waals surface area contributed by atoms with Gasteiger partial charge >= 0.3 is 0 Å². The zero-order chi connectivity index (χ0) is 26.5. The van der Waals surface area contributed by atoms with E-state index in [1.54, 1.807) is 32.0 Å². The van der Waals surface area contributed by atoms with Gasteiger partial charge in [-0.05, 0) is 74.4 Å². The van der Waals surface area contributed by atoms with E-state index >= 15 is 0 Å². The van der Waals surface area contributed by atoms with E-state index < -0.39 is 28.1 Å². The van der Waals surface area contributed by atoms with Crippen molar-refractivity contribution in [2.75, 3.05) is 6.54 Å². The summed E-state index contributed by atoms with van der Waals surface area (Å²) in [6.45, 7) is 11.6. The Morgan fingerprint density at radius 3 is 2.33 bits per heavy atom. The first-order valence-corrected chi connectivity index (χ1v) is 12.1. The molecule has 8 heteroatoms. The lowest BCUT2D eigenvalue weighted by atomic mass is 9.62. The third kappa shape index (κ3) is 4.17. The van der Waals surface area contributed by atoms with Crippen LogP contribution in [0.25, 0.3) is 11.3 Å². The number of pyridine rings is 1. The van der Waals surface area contributed by atoms with E-state index in [-0.39, 0.29) is 35.3 Å². The topological polar surface area (TPSA) is 88.0 Å². The molecule has 0 radical (unpaired) electrons. The zero-order valence-corrected chi connectivity index (χ0v) is 21.5. The van der Waals surface area contributed by atoms with Gasteiger partial charge in [0, 0.05) is 6.54 Å². The highest BCUT2D eigenvalue weighted by Gasteiger charge is 2.57. The summed E-state index contributed by atoms with van der Waals surface area (Å²) in [4.78, 5) is 17.5. The van der Waals surface area contributed by atoms with Crippen molar-refractivity contribution in [3.05, 3.63) is 76.7 Å². The monoisotopic (exact) mass is 494 g/mol. The Morgan fingerprint density at radius 1 is 1.08 bits per heavy atom. The molecular weight excluding hydrogens is 462 g/mol. The van der Waals surface area contributed by atoms with Crippen LogP contribution in [0.15, 0.2) is 42.5 Å². The molecule has 0 spiro atoms. The molecule has 0 fully saturated rings. The fourth-order valence-electron chi connectivity index (χ4n) is 5.38. The zero-order valence-electron chi connectivity index (χ0n) is 21.5. The number of carbonyl (C=O) groups excluding carboxylic acids is 1. The molecule has 0 aliphatic heterocycles. The van der Waals surface area contributed by atoms with E-state index in [1.807, 2.05) is 13.0 Å². The highest BCUT2D eigenvalue weighted by Crippen LogP contribution is 2.61. The van der Waals surface area contributed by atoms with E-state index in [2.05, 4.69) is 36.3 Å². The third-order valence-corrected chi connectivity index (χ3v) is 7.63. The van der Waals surface area contributed by atoms with Gasteiger partial charge in [0.25, 0.3) is 5.91 Å². The van der Waals surface area contributed by atoms with E-state index in [0.29, 0.717) is 11.4 Å². The molecule has 2 N–H and O–H groups in total. The lowest BCUT2D eigenvalue weighted by Crippen LogP contribution is -2.41. The molecule has 0 saturated carbocycles. The standard InChI is InChI=1S/C28H32F2N4O2/c1-7-17-16-14-21(23-18(29)10-8-11-19(23)30)33-34-24(16)28(6,27(17,4)5)22-13-9-12-20(32-22)25(35)31-15-26(2,3)36/h8-14,17,36H,7,15H2,1-6H3,(H,31,35). The van der Waals surface area contributed by atoms with E-state index in [4.69, 9.17) is 4.98 Å². The van der Waals surface area contributed by atoms with E-state index in [9.17, 15) is 18.7 Å². The molecule has 2 unspecified atom stereocenters. The quantitative estimate of drug-likeness (QED) is 0.494. The van der Waals surface area contributed by atoms with Gasteiger partial charge in [-0.3, -0.25) is 4.79 Å². The van der Waals surface area contributed by atoms with Gasteiger partial charge in [0.05, 0.1) is 33.7 Å². The number of fused-ring (bicyclic) bond motifs is 1. The third-order valence-electron chi connectivity index (χ3n) is 7.63. The van der Waals surface area contributed by atoms with Gasteiger partial charge in [0.2, 0.25) is 0 Å². The van der Waals surface area contributed by atoms with E-state index in [1.165, 1.54) is 18.2 Å². The van der Waals surface area contributed by atoms with Gasteiger partial charge in [-0.25, -0.2) is 13.8 Å². The average molecular weight is 495 g/mol. The molecule has 6 nitrogen and oxygen atoms in total. The van der Waals surface area contributed by atoms with Crippen LogP contribution < -0.4 is 5.32 Å². The Kier molecular flexibility index (Phi) is 6.45. The molecule has 1 aromatic carbocycles. The number of aliphatic hydroxyl groups is 1. The molecule has 1 aliphatic carbocycles. The van der Waals surface area contributed by atoms with Crippen molar-refractivity contribution in [1.82, 2.24) is 20.5 Å². The first-order valence-electron chi connectivity index (χ1n) is 12.1. The van der Waals surface area contributed by atoms with Crippen LogP contribution in [-0.2, 0) is 5.41 Å². The highest BCUT2D eigenvalue weighted by atomic mass is 19.1. The maximum atomic E-state index is 14.5. The minimum atomic E-state index is -1.05. The van der Waals surface area contributed by atoms with Crippen molar-refractivity contribution in [3.8, 4) is 11.3 Å². The van der Waals surface area contributed by atoms with E-state index in [0.717, 1.165) is 12.0 Å². The minimum Gasteiger partial charge on any atom is -0.389 e. The summed E-state index contributed by atoms with van der Waals surface area (Å²) >= 11 is 0. The number of aromatic nitrogens is 3. The van der Waals surface area contributed by atoms with Gasteiger partial charge < -0.3 is 10.4 Å². The number of nitrogens with one attached hydrogen (secondary N) is 1. The van der Waals surface area contributed by atoms with Gasteiger partial charge in [0.15, 0.2) is 0 Å². The predicted molar refractivity (Wildman–Crippen MR) is 134 cm³/mol. The summed E-state index contributed by atoms with van der Waals surface area (Å²) in [7, 11) is 0. The number of benzene rings is 1. The molecule has 1 aliphatic rings. The fourth-order valence-corrected chi connectivity index (χ4v) is 5.38. The normalized spacial score (nSPS) is 20.8. The largest absolute Gasteiger partial charge is 0.389 e. The van der Waals surface area contributed by atoms with Gasteiger partial charge in [-0.1, -0.05) is 32.9 Å². The van der Waals surface area contributed by atoms with Crippen molar-refractivity contribution in [3.63, 3.8) is 0 Å². The molecule has 4 rings (SSSR count). The van der Waals surface area contributed by atoms with Crippen LogP contribution in [0, 0.1) is 17.0 Å². The summed E-state index contributed by atoms with van der Waals surface area (Å²) < 4.78 is 29.0. The number of nitrogens with zero attached hydrogens (tertiary/aromatic N) is 3. The van der Waals surface area contributed by atoms with Crippen LogP contribution in [0.2, 0.25) is 0 Å². The number of hydrogen-bond donors (Lipinski definition) is 2. The number of rotatable bonds is 6. The lowest BCUT2D eigenvalue weighted by Gasteiger charge is -2.41. The molecule has 2 heterocycles. The van der Waals surface area contributed by atoms with Crippen molar-refractivity contribution in [2.24, 2.45) is 5.41 Å². The summed E-state index contributed by atoms with van der Waals surface area (Å²) in [5, 5.41) is 21.4.